The lowest BCUT2D eigenvalue weighted by molar-refractivity contribution is -0.139. The van der Waals surface area contributed by atoms with E-state index < -0.39 is 12.6 Å². The van der Waals surface area contributed by atoms with Crippen LogP contribution in [-0.2, 0) is 9.59 Å². The number of ether oxygens (including phenoxy) is 2. The zero-order valence-corrected chi connectivity index (χ0v) is 12.4. The Balaban J connectivity index is 2.05. The largest absolute Gasteiger partial charge is 0.493 e. The number of methoxy groups -OCH3 is 1. The summed E-state index contributed by atoms with van der Waals surface area (Å²) in [5.41, 5.74) is 0.693. The van der Waals surface area contributed by atoms with Gasteiger partial charge in [-0.2, -0.15) is 5.10 Å². The molecule has 1 fully saturated rings. The van der Waals surface area contributed by atoms with Crippen molar-refractivity contribution in [3.05, 3.63) is 23.8 Å². The van der Waals surface area contributed by atoms with Gasteiger partial charge in [-0.1, -0.05) is 11.8 Å². The van der Waals surface area contributed by atoms with Gasteiger partial charge in [-0.3, -0.25) is 4.79 Å². The molecule has 0 unspecified atom stereocenters. The molecule has 0 saturated carbocycles. The number of carboxylic acids is 1. The second kappa shape index (κ2) is 7.46. The Labute approximate surface area is 130 Å². The average molecular weight is 323 g/mol. The van der Waals surface area contributed by atoms with Crippen LogP contribution < -0.4 is 14.8 Å². The van der Waals surface area contributed by atoms with Crippen LogP contribution in [0.2, 0.25) is 0 Å². The van der Waals surface area contributed by atoms with Crippen molar-refractivity contribution in [1.82, 2.24) is 5.32 Å². The standard InChI is InChI=1S/C13H13N3O5S/c1-20-10-4-8(2-3-9(10)21-6-12(18)19)5-14-16-13-15-11(17)7-22-13/h2-5H,6-7H2,1H3,(H,18,19)(H,15,16,17). The molecule has 1 saturated heterocycles. The van der Waals surface area contributed by atoms with Crippen LogP contribution >= 0.6 is 11.8 Å². The van der Waals surface area contributed by atoms with Crippen molar-refractivity contribution in [2.75, 3.05) is 19.5 Å². The van der Waals surface area contributed by atoms with Crippen LogP contribution in [0.15, 0.2) is 28.4 Å². The van der Waals surface area contributed by atoms with Crippen molar-refractivity contribution in [2.24, 2.45) is 10.2 Å². The lowest BCUT2D eigenvalue weighted by Gasteiger charge is -2.09. The van der Waals surface area contributed by atoms with Gasteiger partial charge in [0, 0.05) is 0 Å². The highest BCUT2D eigenvalue weighted by atomic mass is 32.2. The molecule has 1 heterocycles. The Bertz CT molecular complexity index is 645. The molecule has 116 valence electrons. The minimum absolute atomic E-state index is 0.0967. The van der Waals surface area contributed by atoms with Crippen molar-refractivity contribution >= 4 is 35.0 Å². The fraction of sp³-hybridized carbons (Fsp3) is 0.231. The third kappa shape index (κ3) is 4.48. The van der Waals surface area contributed by atoms with E-state index in [2.05, 4.69) is 15.5 Å². The van der Waals surface area contributed by atoms with E-state index >= 15 is 0 Å². The SMILES string of the molecule is COc1cc(C=NN=C2NC(=O)CS2)ccc1OCC(=O)O. The number of thioether (sulfide) groups is 1. The smallest absolute Gasteiger partial charge is 0.341 e. The molecule has 9 heteroatoms. The lowest BCUT2D eigenvalue weighted by atomic mass is 10.2. The number of carbonyl (C=O) groups is 2. The normalized spacial score (nSPS) is 16.0. The molecule has 0 radical (unpaired) electrons. The number of carboxylic acid groups (broad SMARTS) is 1. The van der Waals surface area contributed by atoms with Gasteiger partial charge in [0.1, 0.15) is 0 Å². The van der Waals surface area contributed by atoms with Gasteiger partial charge in [-0.15, -0.1) is 5.10 Å². The second-order valence-electron chi connectivity index (χ2n) is 4.08. The zero-order chi connectivity index (χ0) is 15.9. The number of rotatable bonds is 6. The zero-order valence-electron chi connectivity index (χ0n) is 11.6. The van der Waals surface area contributed by atoms with Gasteiger partial charge in [0.15, 0.2) is 23.3 Å². The van der Waals surface area contributed by atoms with E-state index in [9.17, 15) is 9.59 Å². The maximum atomic E-state index is 11.0. The predicted molar refractivity (Wildman–Crippen MR) is 81.8 cm³/mol. The molecule has 0 aliphatic carbocycles. The van der Waals surface area contributed by atoms with Crippen LogP contribution in [0.3, 0.4) is 0 Å². The quantitative estimate of drug-likeness (QED) is 0.589. The summed E-state index contributed by atoms with van der Waals surface area (Å²) in [5, 5.41) is 19.4. The first-order valence-corrected chi connectivity index (χ1v) is 7.13. The van der Waals surface area contributed by atoms with Gasteiger partial charge in [0.05, 0.1) is 19.1 Å². The molecule has 0 atom stereocenters. The van der Waals surface area contributed by atoms with Crippen molar-refractivity contribution in [3.63, 3.8) is 0 Å². The summed E-state index contributed by atoms with van der Waals surface area (Å²) in [6.07, 6.45) is 1.49. The van der Waals surface area contributed by atoms with E-state index in [1.807, 2.05) is 0 Å². The molecule has 1 aliphatic rings. The summed E-state index contributed by atoms with van der Waals surface area (Å²) in [7, 11) is 1.45. The Morgan fingerprint density at radius 1 is 1.50 bits per heavy atom. The van der Waals surface area contributed by atoms with Gasteiger partial charge in [-0.25, -0.2) is 4.79 Å². The Hall–Kier alpha value is -2.55. The van der Waals surface area contributed by atoms with Gasteiger partial charge in [0.25, 0.3) is 0 Å². The second-order valence-corrected chi connectivity index (χ2v) is 5.04. The molecule has 1 aliphatic heterocycles. The number of nitrogens with zero attached hydrogens (tertiary/aromatic N) is 2. The summed E-state index contributed by atoms with van der Waals surface area (Å²) >= 11 is 1.28. The summed E-state index contributed by atoms with van der Waals surface area (Å²) < 4.78 is 10.2. The Kier molecular flexibility index (Phi) is 5.37. The highest BCUT2D eigenvalue weighted by molar-refractivity contribution is 8.15. The van der Waals surface area contributed by atoms with Gasteiger partial charge < -0.3 is 19.9 Å². The van der Waals surface area contributed by atoms with Crippen LogP contribution in [0.5, 0.6) is 11.5 Å². The molecule has 0 bridgehead atoms. The average Bonchev–Trinajstić information content (AvgIpc) is 2.91. The predicted octanol–water partition coefficient (Wildman–Crippen LogP) is 0.711. The molecule has 1 amide bonds. The van der Waals surface area contributed by atoms with Gasteiger partial charge in [-0.05, 0) is 23.8 Å². The molecule has 8 nitrogen and oxygen atoms in total. The van der Waals surface area contributed by atoms with E-state index in [0.717, 1.165) is 0 Å². The number of aliphatic carboxylic acids is 1. The highest BCUT2D eigenvalue weighted by Crippen LogP contribution is 2.27. The number of nitrogens with one attached hydrogen (secondary N) is 1. The lowest BCUT2D eigenvalue weighted by Crippen LogP contribution is -2.19. The number of hydrogen-bond acceptors (Lipinski definition) is 7. The van der Waals surface area contributed by atoms with Crippen molar-refractivity contribution < 1.29 is 24.2 Å². The van der Waals surface area contributed by atoms with Gasteiger partial charge >= 0.3 is 5.97 Å². The molecule has 0 spiro atoms. The van der Waals surface area contributed by atoms with Crippen molar-refractivity contribution in [1.29, 1.82) is 0 Å². The van der Waals surface area contributed by atoms with Crippen LogP contribution in [0.1, 0.15) is 5.56 Å². The van der Waals surface area contributed by atoms with E-state index in [1.54, 1.807) is 18.2 Å². The topological polar surface area (TPSA) is 110 Å². The number of benzene rings is 1. The molecule has 2 N–H and O–H groups in total. The first-order chi connectivity index (χ1) is 10.6. The third-order valence-electron chi connectivity index (χ3n) is 2.48. The summed E-state index contributed by atoms with van der Waals surface area (Å²) in [6.45, 7) is -0.450. The maximum absolute atomic E-state index is 11.0. The number of amides is 1. The summed E-state index contributed by atoms with van der Waals surface area (Å²) in [6, 6.07) is 4.91. The van der Waals surface area contributed by atoms with Crippen molar-refractivity contribution in [3.8, 4) is 11.5 Å². The van der Waals surface area contributed by atoms with Crippen LogP contribution in [0.25, 0.3) is 0 Å². The first kappa shape index (κ1) is 15.8. The Morgan fingerprint density at radius 3 is 2.95 bits per heavy atom. The summed E-state index contributed by atoms with van der Waals surface area (Å²) in [5.74, 6) is -0.105. The Morgan fingerprint density at radius 2 is 2.32 bits per heavy atom. The van der Waals surface area contributed by atoms with Crippen molar-refractivity contribution in [2.45, 2.75) is 0 Å². The number of hydrogen-bond donors (Lipinski definition) is 2. The van der Waals surface area contributed by atoms with E-state index in [-0.39, 0.29) is 5.91 Å². The molecule has 1 aromatic carbocycles. The minimum Gasteiger partial charge on any atom is -0.493 e. The highest BCUT2D eigenvalue weighted by Gasteiger charge is 2.15. The number of carbonyl (C=O) groups excluding carboxylic acids is 1. The fourth-order valence-electron chi connectivity index (χ4n) is 1.55. The molecule has 0 aromatic heterocycles. The maximum Gasteiger partial charge on any atom is 0.341 e. The number of amidine groups is 1. The third-order valence-corrected chi connectivity index (χ3v) is 3.34. The van der Waals surface area contributed by atoms with Crippen LogP contribution in [0, 0.1) is 0 Å². The van der Waals surface area contributed by atoms with Crippen LogP contribution in [0.4, 0.5) is 0 Å². The summed E-state index contributed by atoms with van der Waals surface area (Å²) in [4.78, 5) is 21.5. The van der Waals surface area contributed by atoms with E-state index in [1.165, 1.54) is 25.1 Å². The van der Waals surface area contributed by atoms with E-state index in [4.69, 9.17) is 14.6 Å². The molecule has 1 aromatic rings. The first-order valence-electron chi connectivity index (χ1n) is 6.15. The minimum atomic E-state index is -1.07. The molecular formula is C13H13N3O5S. The molecule has 2 rings (SSSR count). The fourth-order valence-corrected chi connectivity index (χ4v) is 2.18. The van der Waals surface area contributed by atoms with Gasteiger partial charge in [0.2, 0.25) is 5.91 Å². The molecule has 22 heavy (non-hydrogen) atoms. The monoisotopic (exact) mass is 323 g/mol. The van der Waals surface area contributed by atoms with Crippen LogP contribution in [-0.4, -0.2) is 47.8 Å². The van der Waals surface area contributed by atoms with E-state index in [0.29, 0.717) is 28.0 Å². The molecular weight excluding hydrogens is 310 g/mol.